The van der Waals surface area contributed by atoms with E-state index in [0.29, 0.717) is 17.7 Å². The summed E-state index contributed by atoms with van der Waals surface area (Å²) in [6, 6.07) is 12.5. The fraction of sp³-hybridized carbons (Fsp3) is 0.208. The van der Waals surface area contributed by atoms with E-state index in [1.54, 1.807) is 12.1 Å². The number of sulfone groups is 1. The molecule has 0 atom stereocenters. The number of carbonyl (C=O) groups excluding carboxylic acids is 1. The van der Waals surface area contributed by atoms with Crippen molar-refractivity contribution in [3.05, 3.63) is 89.5 Å². The van der Waals surface area contributed by atoms with Crippen molar-refractivity contribution in [1.82, 2.24) is 5.32 Å². The van der Waals surface area contributed by atoms with Crippen LogP contribution in [-0.4, -0.2) is 27.1 Å². The average Bonchev–Trinajstić information content (AvgIpc) is 2.67. The quantitative estimate of drug-likeness (QED) is 0.663. The smallest absolute Gasteiger partial charge is 0.251 e. The van der Waals surface area contributed by atoms with Gasteiger partial charge in [-0.25, -0.2) is 8.42 Å². The Balaban J connectivity index is 2.35. The van der Waals surface area contributed by atoms with Crippen LogP contribution in [0.15, 0.2) is 83.3 Å². The zero-order valence-electron chi connectivity index (χ0n) is 17.3. The standard InChI is InChI=1S/C24H27NO3S/c1-6-19(10-7-17(2)3)16-25-24(26)22-13-21(14-23(15-22)29(5,27)28)20-11-8-18(4)9-12-20/h6-15H,2,16H2,1,3-5H3,(H,25,26)/b10-7-,19-6+. The molecule has 29 heavy (non-hydrogen) atoms. The number of nitrogens with one attached hydrogen (secondary N) is 1. The Bertz CT molecular complexity index is 1080. The molecule has 4 nitrogen and oxygen atoms in total. The number of hydrogen-bond acceptors (Lipinski definition) is 3. The van der Waals surface area contributed by atoms with Gasteiger partial charge in [-0.2, -0.15) is 0 Å². The van der Waals surface area contributed by atoms with Crippen LogP contribution in [0.5, 0.6) is 0 Å². The van der Waals surface area contributed by atoms with Crippen molar-refractivity contribution < 1.29 is 13.2 Å². The monoisotopic (exact) mass is 409 g/mol. The van der Waals surface area contributed by atoms with Crippen molar-refractivity contribution in [3.8, 4) is 11.1 Å². The first kappa shape index (κ1) is 22.4. The van der Waals surface area contributed by atoms with E-state index in [4.69, 9.17) is 0 Å². The maximum atomic E-state index is 12.7. The summed E-state index contributed by atoms with van der Waals surface area (Å²) in [5.74, 6) is -0.327. The molecule has 0 aromatic heterocycles. The van der Waals surface area contributed by atoms with Crippen molar-refractivity contribution in [2.75, 3.05) is 12.8 Å². The van der Waals surface area contributed by atoms with Gasteiger partial charge in [-0.15, -0.1) is 0 Å². The number of amides is 1. The minimum atomic E-state index is -3.46. The topological polar surface area (TPSA) is 63.2 Å². The number of aryl methyl sites for hydroxylation is 1. The van der Waals surface area contributed by atoms with E-state index in [1.165, 1.54) is 6.07 Å². The summed E-state index contributed by atoms with van der Waals surface area (Å²) >= 11 is 0. The molecule has 152 valence electrons. The van der Waals surface area contributed by atoms with Crippen LogP contribution in [-0.2, 0) is 9.84 Å². The molecule has 0 unspecified atom stereocenters. The molecule has 2 rings (SSSR count). The van der Waals surface area contributed by atoms with Crippen LogP contribution in [0.25, 0.3) is 11.1 Å². The molecule has 0 aliphatic carbocycles. The van der Waals surface area contributed by atoms with Crippen LogP contribution in [0.3, 0.4) is 0 Å². The van der Waals surface area contributed by atoms with Crippen molar-refractivity contribution in [2.24, 2.45) is 0 Å². The van der Waals surface area contributed by atoms with Crippen LogP contribution in [0.1, 0.15) is 29.8 Å². The summed E-state index contributed by atoms with van der Waals surface area (Å²) in [6.45, 7) is 9.93. The van der Waals surface area contributed by atoms with Crippen LogP contribution >= 0.6 is 0 Å². The highest BCUT2D eigenvalue weighted by Crippen LogP contribution is 2.25. The molecule has 2 aromatic rings. The highest BCUT2D eigenvalue weighted by molar-refractivity contribution is 7.90. The van der Waals surface area contributed by atoms with Crippen LogP contribution < -0.4 is 5.32 Å². The maximum absolute atomic E-state index is 12.7. The average molecular weight is 410 g/mol. The lowest BCUT2D eigenvalue weighted by molar-refractivity contribution is 0.0957. The van der Waals surface area contributed by atoms with Crippen LogP contribution in [0, 0.1) is 6.92 Å². The molecular weight excluding hydrogens is 382 g/mol. The Morgan fingerprint density at radius 1 is 1.07 bits per heavy atom. The molecule has 0 heterocycles. The van der Waals surface area contributed by atoms with Gasteiger partial charge in [-0.1, -0.05) is 60.2 Å². The minimum Gasteiger partial charge on any atom is -0.348 e. The first-order chi connectivity index (χ1) is 13.6. The third-order valence-electron chi connectivity index (χ3n) is 4.39. The zero-order chi connectivity index (χ0) is 21.6. The van der Waals surface area contributed by atoms with E-state index < -0.39 is 9.84 Å². The minimum absolute atomic E-state index is 0.120. The molecule has 1 N–H and O–H groups in total. The fourth-order valence-corrected chi connectivity index (χ4v) is 3.33. The van der Waals surface area contributed by atoms with E-state index in [1.807, 2.05) is 63.3 Å². The van der Waals surface area contributed by atoms with Gasteiger partial charge in [0.25, 0.3) is 5.91 Å². The van der Waals surface area contributed by atoms with E-state index in [-0.39, 0.29) is 10.8 Å². The van der Waals surface area contributed by atoms with E-state index in [9.17, 15) is 13.2 Å². The fourth-order valence-electron chi connectivity index (χ4n) is 2.65. The third-order valence-corrected chi connectivity index (χ3v) is 5.48. The zero-order valence-corrected chi connectivity index (χ0v) is 18.1. The summed E-state index contributed by atoms with van der Waals surface area (Å²) in [5.41, 5.74) is 4.80. The molecule has 0 spiro atoms. The second-order valence-electron chi connectivity index (χ2n) is 7.11. The van der Waals surface area contributed by atoms with Crippen molar-refractivity contribution in [3.63, 3.8) is 0 Å². The van der Waals surface area contributed by atoms with Gasteiger partial charge in [0.05, 0.1) is 4.90 Å². The Labute approximate surface area is 173 Å². The van der Waals surface area contributed by atoms with Crippen LogP contribution in [0.2, 0.25) is 0 Å². The Kier molecular flexibility index (Phi) is 7.35. The number of hydrogen-bond donors (Lipinski definition) is 1. The van der Waals surface area contributed by atoms with Gasteiger partial charge in [0.2, 0.25) is 0 Å². The number of benzene rings is 2. The lowest BCUT2D eigenvalue weighted by Crippen LogP contribution is -2.25. The molecule has 0 aliphatic heterocycles. The molecule has 0 fully saturated rings. The normalized spacial score (nSPS) is 12.2. The summed E-state index contributed by atoms with van der Waals surface area (Å²) in [7, 11) is -3.46. The third kappa shape index (κ3) is 6.57. The molecule has 0 saturated carbocycles. The number of rotatable bonds is 7. The highest BCUT2D eigenvalue weighted by atomic mass is 32.2. The first-order valence-electron chi connectivity index (χ1n) is 9.29. The predicted molar refractivity (Wildman–Crippen MR) is 120 cm³/mol. The van der Waals surface area contributed by atoms with Gasteiger partial charge in [0, 0.05) is 18.4 Å². The van der Waals surface area contributed by atoms with Gasteiger partial charge in [0.15, 0.2) is 9.84 Å². The highest BCUT2D eigenvalue weighted by Gasteiger charge is 2.15. The van der Waals surface area contributed by atoms with Crippen molar-refractivity contribution in [2.45, 2.75) is 25.7 Å². The summed E-state index contributed by atoms with van der Waals surface area (Å²) in [6.07, 6.45) is 6.82. The van der Waals surface area contributed by atoms with Crippen LogP contribution in [0.4, 0.5) is 0 Å². The lowest BCUT2D eigenvalue weighted by atomic mass is 10.0. The molecule has 5 heteroatoms. The molecule has 0 radical (unpaired) electrons. The van der Waals surface area contributed by atoms with Gasteiger partial charge >= 0.3 is 0 Å². The van der Waals surface area contributed by atoms with E-state index in [2.05, 4.69) is 11.9 Å². The van der Waals surface area contributed by atoms with E-state index in [0.717, 1.165) is 28.5 Å². The predicted octanol–water partition coefficient (Wildman–Crippen LogP) is 4.87. The maximum Gasteiger partial charge on any atom is 0.251 e. The number of allylic oxidation sites excluding steroid dienone is 3. The van der Waals surface area contributed by atoms with E-state index >= 15 is 0 Å². The first-order valence-corrected chi connectivity index (χ1v) is 11.2. The Morgan fingerprint density at radius 2 is 1.72 bits per heavy atom. The van der Waals surface area contributed by atoms with Gasteiger partial charge in [0.1, 0.15) is 0 Å². The summed E-state index contributed by atoms with van der Waals surface area (Å²) in [4.78, 5) is 12.9. The summed E-state index contributed by atoms with van der Waals surface area (Å²) in [5, 5.41) is 2.86. The lowest BCUT2D eigenvalue weighted by Gasteiger charge is -2.11. The second-order valence-corrected chi connectivity index (χ2v) is 9.13. The molecular formula is C24H27NO3S. The SMILES string of the molecule is C=C(C)/C=C\C(=C/C)CNC(=O)c1cc(-c2ccc(C)cc2)cc(S(C)(=O)=O)c1. The van der Waals surface area contributed by atoms with Crippen molar-refractivity contribution in [1.29, 1.82) is 0 Å². The van der Waals surface area contributed by atoms with Crippen molar-refractivity contribution >= 4 is 15.7 Å². The Morgan fingerprint density at radius 3 is 2.28 bits per heavy atom. The van der Waals surface area contributed by atoms with Gasteiger partial charge < -0.3 is 5.32 Å². The van der Waals surface area contributed by atoms with Gasteiger partial charge in [-0.05, 0) is 55.7 Å². The molecule has 2 aromatic carbocycles. The Hall–Kier alpha value is -2.92. The molecule has 0 aliphatic rings. The second kappa shape index (κ2) is 9.52. The molecule has 1 amide bonds. The largest absolute Gasteiger partial charge is 0.348 e. The number of carbonyl (C=O) groups is 1. The molecule has 0 bridgehead atoms. The summed E-state index contributed by atoms with van der Waals surface area (Å²) < 4.78 is 24.3. The van der Waals surface area contributed by atoms with Gasteiger partial charge in [-0.3, -0.25) is 4.79 Å². The molecule has 0 saturated heterocycles.